The van der Waals surface area contributed by atoms with E-state index in [0.29, 0.717) is 17.1 Å². The lowest BCUT2D eigenvalue weighted by molar-refractivity contribution is -0.0438. The van der Waals surface area contributed by atoms with Crippen molar-refractivity contribution in [1.29, 1.82) is 0 Å². The van der Waals surface area contributed by atoms with Gasteiger partial charge in [-0.3, -0.25) is 0 Å². The van der Waals surface area contributed by atoms with Gasteiger partial charge in [0, 0.05) is 16.6 Å². The van der Waals surface area contributed by atoms with Crippen LogP contribution < -0.4 is 0 Å². The topological polar surface area (TPSA) is 58.9 Å². The van der Waals surface area contributed by atoms with Crippen molar-refractivity contribution in [3.63, 3.8) is 0 Å². The van der Waals surface area contributed by atoms with E-state index in [1.165, 1.54) is 12.0 Å². The van der Waals surface area contributed by atoms with Gasteiger partial charge in [-0.1, -0.05) is 99.5 Å². The minimum Gasteiger partial charge on any atom is -0.414 e. The maximum Gasteiger partial charge on any atom is 0.192 e. The van der Waals surface area contributed by atoms with E-state index in [1.807, 2.05) is 11.8 Å². The first kappa shape index (κ1) is 40.9. The predicted molar refractivity (Wildman–Crippen MR) is 213 cm³/mol. The van der Waals surface area contributed by atoms with Crippen LogP contribution in [-0.2, 0) is 8.85 Å². The van der Waals surface area contributed by atoms with Crippen molar-refractivity contribution in [1.82, 2.24) is 0 Å². The molecule has 3 saturated carbocycles. The highest BCUT2D eigenvalue weighted by Gasteiger charge is 2.62. The molecular weight excluding hydrogens is 645 g/mol. The second-order valence-electron chi connectivity index (χ2n) is 20.0. The van der Waals surface area contributed by atoms with Gasteiger partial charge in [-0.25, -0.2) is 0 Å². The fraction of sp³-hybridized carbons (Fsp3) is 0.902. The number of hydrogen-bond acceptors (Lipinski definition) is 5. The van der Waals surface area contributed by atoms with Gasteiger partial charge in [0.05, 0.1) is 23.9 Å². The molecule has 3 fully saturated rings. The van der Waals surface area contributed by atoms with Crippen LogP contribution in [0.4, 0.5) is 0 Å². The Morgan fingerprint density at radius 2 is 1.50 bits per heavy atom. The van der Waals surface area contributed by atoms with Crippen LogP contribution in [0.1, 0.15) is 134 Å². The van der Waals surface area contributed by atoms with Crippen LogP contribution in [-0.4, -0.2) is 61.8 Å². The Balaban J connectivity index is 1.62. The standard InChI is InChI=1S/C41H76O4SSi2/c1-16-41(43,17-2)22-18-24-46-28(3)36-34(42)27-33-31-20-19-29-25-30(44-47(12,13)37(4,5)6)26-35(45-48(14,15)38(7,8)9)40(29,11)32(31)21-23-39(33,36)10/h19-20,28,30,32-36,42-43H,16-18,21-27H2,1-15H3/t28?,30-,32+,33+,34+,35+,36+,39+,40+/m1/s1. The molecule has 0 aliphatic heterocycles. The molecule has 4 nitrogen and oxygen atoms in total. The number of thioether (sulfide) groups is 1. The maximum atomic E-state index is 11.8. The number of allylic oxidation sites excluding steroid dienone is 3. The molecule has 7 heteroatoms. The Morgan fingerprint density at radius 3 is 2.06 bits per heavy atom. The summed E-state index contributed by atoms with van der Waals surface area (Å²) in [5, 5.41) is 23.3. The molecular formula is C41H76O4SSi2. The Kier molecular flexibility index (Phi) is 12.1. The zero-order chi connectivity index (χ0) is 36.3. The second-order valence-corrected chi connectivity index (χ2v) is 31.0. The van der Waals surface area contributed by atoms with Crippen LogP contribution in [0.2, 0.25) is 36.3 Å². The summed E-state index contributed by atoms with van der Waals surface area (Å²) in [6.07, 6.45) is 13.8. The minimum atomic E-state index is -2.06. The summed E-state index contributed by atoms with van der Waals surface area (Å²) in [6.45, 7) is 35.4. The van der Waals surface area contributed by atoms with E-state index in [4.69, 9.17) is 8.85 Å². The van der Waals surface area contributed by atoms with E-state index in [-0.39, 0.29) is 45.1 Å². The molecule has 4 aliphatic carbocycles. The highest BCUT2D eigenvalue weighted by Crippen LogP contribution is 2.67. The molecule has 0 aromatic rings. The first-order valence-electron chi connectivity index (χ1n) is 19.7. The van der Waals surface area contributed by atoms with Crippen LogP contribution in [0.3, 0.4) is 0 Å². The lowest BCUT2D eigenvalue weighted by Gasteiger charge is -2.59. The molecule has 9 atom stereocenters. The number of aliphatic hydroxyl groups is 2. The quantitative estimate of drug-likeness (QED) is 0.155. The van der Waals surface area contributed by atoms with Crippen molar-refractivity contribution in [3.05, 3.63) is 23.3 Å². The molecule has 0 amide bonds. The summed E-state index contributed by atoms with van der Waals surface area (Å²) < 4.78 is 14.7. The van der Waals surface area contributed by atoms with Gasteiger partial charge < -0.3 is 19.1 Å². The molecule has 278 valence electrons. The highest BCUT2D eigenvalue weighted by atomic mass is 32.2. The van der Waals surface area contributed by atoms with Crippen LogP contribution in [0.5, 0.6) is 0 Å². The maximum absolute atomic E-state index is 11.8. The summed E-state index contributed by atoms with van der Waals surface area (Å²) in [6, 6.07) is 0. The van der Waals surface area contributed by atoms with Gasteiger partial charge in [0.25, 0.3) is 0 Å². The number of aliphatic hydroxyl groups excluding tert-OH is 1. The zero-order valence-corrected chi connectivity index (χ0v) is 36.7. The van der Waals surface area contributed by atoms with Crippen molar-refractivity contribution in [2.75, 3.05) is 5.75 Å². The molecule has 4 aliphatic rings. The monoisotopic (exact) mass is 721 g/mol. The largest absolute Gasteiger partial charge is 0.414 e. The summed E-state index contributed by atoms with van der Waals surface area (Å²) in [7, 11) is -4.00. The van der Waals surface area contributed by atoms with Crippen molar-refractivity contribution in [3.8, 4) is 0 Å². The third-order valence-corrected chi connectivity index (χ3v) is 25.6. The summed E-state index contributed by atoms with van der Waals surface area (Å²) >= 11 is 2.03. The van der Waals surface area contributed by atoms with Gasteiger partial charge in [-0.2, -0.15) is 11.8 Å². The second kappa shape index (κ2) is 14.2. The normalized spacial score (nSPS) is 35.4. The molecule has 0 aromatic heterocycles. The van der Waals surface area contributed by atoms with E-state index in [1.54, 1.807) is 5.57 Å². The van der Waals surface area contributed by atoms with Crippen LogP contribution in [0, 0.1) is 28.6 Å². The van der Waals surface area contributed by atoms with Crippen molar-refractivity contribution >= 4 is 28.4 Å². The van der Waals surface area contributed by atoms with Gasteiger partial charge >= 0.3 is 0 Å². The lowest BCUT2D eigenvalue weighted by Crippen LogP contribution is -2.58. The molecule has 0 radical (unpaired) electrons. The Morgan fingerprint density at radius 1 is 0.917 bits per heavy atom. The molecule has 48 heavy (non-hydrogen) atoms. The molecule has 0 bridgehead atoms. The van der Waals surface area contributed by atoms with Gasteiger partial charge in [-0.15, -0.1) is 0 Å². The van der Waals surface area contributed by atoms with Gasteiger partial charge in [0.1, 0.15) is 0 Å². The average Bonchev–Trinajstić information content (AvgIpc) is 3.24. The van der Waals surface area contributed by atoms with Gasteiger partial charge in [0.15, 0.2) is 16.6 Å². The molecule has 0 spiro atoms. The molecule has 2 N–H and O–H groups in total. The van der Waals surface area contributed by atoms with Gasteiger partial charge in [-0.05, 0) is 117 Å². The number of rotatable bonds is 12. The minimum absolute atomic E-state index is 0.0486. The molecule has 4 rings (SSSR count). The smallest absolute Gasteiger partial charge is 0.192 e. The van der Waals surface area contributed by atoms with E-state index >= 15 is 0 Å². The average molecular weight is 721 g/mol. The molecule has 0 saturated heterocycles. The van der Waals surface area contributed by atoms with E-state index in [0.717, 1.165) is 57.1 Å². The van der Waals surface area contributed by atoms with E-state index < -0.39 is 22.2 Å². The summed E-state index contributed by atoms with van der Waals surface area (Å²) in [4.78, 5) is 0. The fourth-order valence-electron chi connectivity index (χ4n) is 9.67. The Bertz CT molecular complexity index is 1190. The Hall–Kier alpha value is 0.104. The lowest BCUT2D eigenvalue weighted by atomic mass is 9.49. The third kappa shape index (κ3) is 7.60. The number of fused-ring (bicyclic) bond motifs is 5. The van der Waals surface area contributed by atoms with Gasteiger partial charge in [0.2, 0.25) is 0 Å². The molecule has 0 heterocycles. The highest BCUT2D eigenvalue weighted by molar-refractivity contribution is 7.99. The van der Waals surface area contributed by atoms with E-state index in [2.05, 4.69) is 115 Å². The predicted octanol–water partition coefficient (Wildman–Crippen LogP) is 11.3. The third-order valence-electron chi connectivity index (χ3n) is 15.2. The SMILES string of the molecule is CCC(O)(CC)CCCSC(C)[C@H]1[C@@H](O)C[C@H]2C3=CC=C4C[C@@H](O[Si](C)(C)C(C)(C)C)C[C@H](O[Si](C)(C)C(C)(C)C)[C@]4(C)[C@H]3CC[C@@]21C. The van der Waals surface area contributed by atoms with Crippen molar-refractivity contribution in [2.24, 2.45) is 28.6 Å². The Labute approximate surface area is 303 Å². The molecule has 1 unspecified atom stereocenters. The zero-order valence-electron chi connectivity index (χ0n) is 33.9. The first-order chi connectivity index (χ1) is 21.9. The molecule has 0 aromatic carbocycles. The fourth-order valence-corrected chi connectivity index (χ4v) is 13.8. The summed E-state index contributed by atoms with van der Waals surface area (Å²) in [5.74, 6) is 2.20. The van der Waals surface area contributed by atoms with Crippen molar-refractivity contribution in [2.45, 2.75) is 199 Å². The van der Waals surface area contributed by atoms with Crippen molar-refractivity contribution < 1.29 is 19.1 Å². The van der Waals surface area contributed by atoms with Crippen LogP contribution in [0.25, 0.3) is 0 Å². The summed E-state index contributed by atoms with van der Waals surface area (Å²) in [5.41, 5.74) is 2.66. The first-order valence-corrected chi connectivity index (χ1v) is 26.5. The van der Waals surface area contributed by atoms with Crippen LogP contribution >= 0.6 is 11.8 Å². The van der Waals surface area contributed by atoms with Crippen LogP contribution in [0.15, 0.2) is 23.3 Å². The van der Waals surface area contributed by atoms with E-state index in [9.17, 15) is 10.2 Å². The number of hydrogen-bond donors (Lipinski definition) is 2.